The Morgan fingerprint density at radius 3 is 0.847 bits per heavy atom. The van der Waals surface area contributed by atoms with Gasteiger partial charge in [0, 0.05) is 68.8 Å². The van der Waals surface area contributed by atoms with Gasteiger partial charge in [0.1, 0.15) is 114 Å². The van der Waals surface area contributed by atoms with Crippen molar-refractivity contribution < 1.29 is 90.0 Å². The van der Waals surface area contributed by atoms with Crippen LogP contribution in [0.15, 0.2) is 193 Å². The van der Waals surface area contributed by atoms with Crippen LogP contribution in [-0.2, 0) is 68.4 Å². The number of rotatable bonds is 30. The minimum absolute atomic E-state index is 0.0821. The average Bonchev–Trinajstić information content (AvgIpc) is 0.837. The molecule has 0 saturated heterocycles. The Morgan fingerprint density at radius 1 is 0.248 bits per heavy atom. The molecule has 0 N–H and O–H groups in total. The van der Waals surface area contributed by atoms with Crippen LogP contribution in [0.1, 0.15) is 186 Å². The predicted molar refractivity (Wildman–Crippen MR) is 556 cm³/mol. The van der Waals surface area contributed by atoms with E-state index in [2.05, 4.69) is 38.5 Å². The van der Waals surface area contributed by atoms with Gasteiger partial charge in [-0.15, -0.1) is 0 Å². The van der Waals surface area contributed by atoms with Gasteiger partial charge in [-0.05, 0) is 318 Å². The van der Waals surface area contributed by atoms with Gasteiger partial charge in [-0.2, -0.15) is 0 Å². The molecule has 137 heavy (non-hydrogen) atoms. The number of aryl methyl sites for hydroxylation is 13. The Bertz CT molecular complexity index is 5520. The fourth-order valence-electron chi connectivity index (χ4n) is 12.0. The molecule has 0 aliphatic rings. The smallest absolute Gasteiger partial charge is 0.310 e. The first kappa shape index (κ1) is 113. The summed E-state index contributed by atoms with van der Waals surface area (Å²) in [4.78, 5) is 69.1. The molecule has 18 nitrogen and oxygen atoms in total. The average molecular weight is 2180 g/mol. The Balaban J connectivity index is 0.000000224. The summed E-state index contributed by atoms with van der Waals surface area (Å²) >= 11 is 49.2. The molecule has 0 bridgehead atoms. The summed E-state index contributed by atoms with van der Waals surface area (Å²) in [6.07, 6.45) is 1.80. The zero-order valence-electron chi connectivity index (χ0n) is 80.0. The van der Waals surface area contributed by atoms with Gasteiger partial charge in [-0.25, -0.2) is 4.39 Å². The highest BCUT2D eigenvalue weighted by Crippen LogP contribution is 2.40. The first-order chi connectivity index (χ1) is 65.1. The molecule has 0 spiro atoms. The van der Waals surface area contributed by atoms with E-state index in [1.807, 2.05) is 205 Å². The molecular formula is C109H112BrCl7FIO18. The molecule has 0 fully saturated rings. The molecule has 0 aliphatic carbocycles. The Morgan fingerprint density at radius 2 is 0.489 bits per heavy atom. The highest BCUT2D eigenvalue weighted by molar-refractivity contribution is 14.1. The third-order valence-electron chi connectivity index (χ3n) is 21.3. The van der Waals surface area contributed by atoms with E-state index >= 15 is 0 Å². The number of hydrogen-bond donors (Lipinski definition) is 0. The molecule has 0 aromatic heterocycles. The van der Waals surface area contributed by atoms with Crippen molar-refractivity contribution in [3.8, 4) is 69.0 Å². The molecule has 0 heterocycles. The van der Waals surface area contributed by atoms with E-state index in [0.29, 0.717) is 136 Å². The normalized spacial score (nSPS) is 10.5. The van der Waals surface area contributed by atoms with E-state index in [-0.39, 0.29) is 87.0 Å². The second kappa shape index (κ2) is 56.5. The largest absolute Gasteiger partial charge is 0.487 e. The third-order valence-corrected chi connectivity index (χ3v) is 25.1. The lowest BCUT2D eigenvalue weighted by atomic mass is 10.1. The monoisotopic (exact) mass is 2180 g/mol. The number of para-hydroxylation sites is 1. The summed E-state index contributed by atoms with van der Waals surface area (Å²) in [5, 5.41) is 3.76. The number of halogens is 10. The summed E-state index contributed by atoms with van der Waals surface area (Å²) < 4.78 is 82.5. The van der Waals surface area contributed by atoms with Gasteiger partial charge in [0.15, 0.2) is 0 Å². The number of hydrogen-bond acceptors (Lipinski definition) is 18. The second-order valence-corrected chi connectivity index (χ2v) is 36.3. The summed E-state index contributed by atoms with van der Waals surface area (Å²) in [6.45, 7) is 37.5. The molecule has 0 radical (unpaired) electrons. The molecule has 28 heteroatoms. The fourth-order valence-corrected chi connectivity index (χ4v) is 15.0. The molecule has 0 unspecified atom stereocenters. The predicted octanol–water partition coefficient (Wildman–Crippen LogP) is 31.6. The van der Waals surface area contributed by atoms with Gasteiger partial charge in [-0.1, -0.05) is 193 Å². The SMILES string of the molecule is CCC(=O)Oc1cccc(Br)c1COc1cc(C)c(C)cc1Cl.CCC(=O)Oc1cccc(C)c1COc1cc(C)c(C)cc1Cl.CCC(=O)Oc1cccc(Cl)c1COc1cc(C)c(C)cc1Cl.CCC(=O)Oc1cccc(F)c1COc1cc(C)c(C)cc1Cl.CCC(=O)Oc1cccc(I)c1COc1cc(C)c(C)cc1Cl.CCC(=O)Oc1ccccc1COc1cc(C)c(C)cc1Cl. The van der Waals surface area contributed by atoms with Crippen LogP contribution in [0, 0.1) is 99.4 Å². The quantitative estimate of drug-likeness (QED) is 0.0232. The lowest BCUT2D eigenvalue weighted by Crippen LogP contribution is -2.10. The summed E-state index contributed by atoms with van der Waals surface area (Å²) in [7, 11) is 0. The summed E-state index contributed by atoms with van der Waals surface area (Å²) in [5.41, 5.74) is 18.2. The number of esters is 6. The second-order valence-electron chi connectivity index (χ2n) is 31.4. The zero-order chi connectivity index (χ0) is 101. The van der Waals surface area contributed by atoms with Crippen molar-refractivity contribution in [2.24, 2.45) is 0 Å². The maximum absolute atomic E-state index is 14.0. The molecule has 0 amide bonds. The van der Waals surface area contributed by atoms with E-state index in [0.717, 1.165) is 103 Å². The van der Waals surface area contributed by atoms with E-state index in [4.69, 9.17) is 138 Å². The fraction of sp³-hybridized carbons (Fsp3) is 0.284. The van der Waals surface area contributed by atoms with Crippen LogP contribution in [0.2, 0.25) is 35.2 Å². The van der Waals surface area contributed by atoms with Crippen LogP contribution in [-0.4, -0.2) is 35.8 Å². The van der Waals surface area contributed by atoms with Crippen LogP contribution in [0.3, 0.4) is 0 Å². The summed E-state index contributed by atoms with van der Waals surface area (Å²) in [5.74, 6) is 3.86. The van der Waals surface area contributed by atoms with Crippen molar-refractivity contribution in [1.29, 1.82) is 0 Å². The van der Waals surface area contributed by atoms with Gasteiger partial charge in [0.05, 0.1) is 46.3 Å². The van der Waals surface area contributed by atoms with E-state index < -0.39 is 11.8 Å². The molecule has 12 aromatic carbocycles. The number of carbonyl (C=O) groups excluding carboxylic acids is 6. The lowest BCUT2D eigenvalue weighted by molar-refractivity contribution is -0.135. The zero-order valence-corrected chi connectivity index (χ0v) is 89.0. The first-order valence-electron chi connectivity index (χ1n) is 44.0. The molecule has 0 saturated carbocycles. The molecule has 726 valence electrons. The van der Waals surface area contributed by atoms with E-state index in [1.165, 1.54) is 18.2 Å². The molecule has 12 rings (SSSR count). The third kappa shape index (κ3) is 35.4. The van der Waals surface area contributed by atoms with Gasteiger partial charge in [-0.3, -0.25) is 28.8 Å². The Labute approximate surface area is 859 Å². The topological polar surface area (TPSA) is 213 Å². The Hall–Kier alpha value is -10.6. The van der Waals surface area contributed by atoms with Gasteiger partial charge < -0.3 is 56.8 Å². The maximum Gasteiger partial charge on any atom is 0.310 e. The first-order valence-corrected chi connectivity index (χ1v) is 48.5. The highest BCUT2D eigenvalue weighted by Gasteiger charge is 2.22. The number of benzene rings is 12. The van der Waals surface area contributed by atoms with Crippen LogP contribution in [0.4, 0.5) is 4.39 Å². The molecule has 0 aliphatic heterocycles. The van der Waals surface area contributed by atoms with E-state index in [9.17, 15) is 33.2 Å². The standard InChI is InChI=1S/C19H21ClO3.C18H18BrClO3.C18H18Cl2O3.C18H18ClFO3.C18H18ClIO3.C18H19ClO3/c1-5-19(21)23-17-8-6-7-12(2)15(17)11-22-18-10-14(4)13(3)9-16(18)20;2*1-4-18(21)23-16-7-5-6-14(19)13(16)10-22-17-9-12(3)11(2)8-15(17)20;2*1-4-18(21)23-16-7-5-6-15(20)13(16)10-22-17-9-12(3)11(2)8-14(17)19;1-4-18(20)22-16-8-6-5-7-14(16)11-21-17-10-13(3)12(2)9-15(17)19/h6-10H,5,11H2,1-4H3;4*5-9H,4,10H2,1-3H3;5-10H,4,11H2,1-3H3. The van der Waals surface area contributed by atoms with Crippen molar-refractivity contribution >= 4 is 156 Å². The van der Waals surface area contributed by atoms with Gasteiger partial charge >= 0.3 is 35.8 Å². The van der Waals surface area contributed by atoms with Crippen LogP contribution >= 0.6 is 120 Å². The van der Waals surface area contributed by atoms with Crippen molar-refractivity contribution in [2.75, 3.05) is 0 Å². The van der Waals surface area contributed by atoms with Crippen LogP contribution in [0.25, 0.3) is 0 Å². The minimum atomic E-state index is -0.494. The van der Waals surface area contributed by atoms with Gasteiger partial charge in [0.2, 0.25) is 0 Å². The number of carbonyl (C=O) groups is 6. The van der Waals surface area contributed by atoms with Crippen molar-refractivity contribution in [3.63, 3.8) is 0 Å². The van der Waals surface area contributed by atoms with Crippen LogP contribution in [0.5, 0.6) is 69.0 Å². The van der Waals surface area contributed by atoms with Crippen molar-refractivity contribution in [2.45, 2.75) is 210 Å². The van der Waals surface area contributed by atoms with E-state index in [1.54, 1.807) is 96.1 Å². The minimum Gasteiger partial charge on any atom is -0.487 e. The number of ether oxygens (including phenoxy) is 12. The summed E-state index contributed by atoms with van der Waals surface area (Å²) in [6, 6.07) is 56.0. The van der Waals surface area contributed by atoms with Crippen LogP contribution < -0.4 is 56.8 Å². The molecule has 0 atom stereocenters. The highest BCUT2D eigenvalue weighted by atomic mass is 127. The Kier molecular flexibility index (Phi) is 46.8. The van der Waals surface area contributed by atoms with Gasteiger partial charge in [0.25, 0.3) is 0 Å². The molecular weight excluding hydrogens is 2070 g/mol. The molecule has 12 aromatic rings. The van der Waals surface area contributed by atoms with Crippen molar-refractivity contribution in [3.05, 3.63) is 343 Å². The maximum atomic E-state index is 14.0. The lowest BCUT2D eigenvalue weighted by Gasteiger charge is -2.15. The van der Waals surface area contributed by atoms with Crippen molar-refractivity contribution in [1.82, 2.24) is 0 Å².